The quantitative estimate of drug-likeness (QED) is 0.892. The average Bonchev–Trinajstić information content (AvgIpc) is 2.32. The Morgan fingerprint density at radius 2 is 2.12 bits per heavy atom. The van der Waals surface area contributed by atoms with Crippen LogP contribution in [-0.4, -0.2) is 15.9 Å². The number of hydrogen-bond donors (Lipinski definition) is 1. The van der Waals surface area contributed by atoms with Gasteiger partial charge in [-0.05, 0) is 18.2 Å². The van der Waals surface area contributed by atoms with Crippen molar-refractivity contribution in [2.24, 2.45) is 0 Å². The zero-order valence-electron chi connectivity index (χ0n) is 8.52. The lowest BCUT2D eigenvalue weighted by molar-refractivity contribution is 0.102. The largest absolute Gasteiger partial charge is 0.307 e. The van der Waals surface area contributed by atoms with Crippen molar-refractivity contribution in [1.82, 2.24) is 9.97 Å². The first kappa shape index (κ1) is 11.5. The highest BCUT2D eigenvalue weighted by molar-refractivity contribution is 6.34. The Kier molecular flexibility index (Phi) is 3.30. The summed E-state index contributed by atoms with van der Waals surface area (Å²) < 4.78 is 12.6. The van der Waals surface area contributed by atoms with Crippen molar-refractivity contribution in [3.8, 4) is 0 Å². The average molecular weight is 252 g/mol. The number of carbonyl (C=O) groups is 1. The fourth-order valence-electron chi connectivity index (χ4n) is 1.19. The second kappa shape index (κ2) is 4.88. The molecule has 0 aliphatic carbocycles. The van der Waals surface area contributed by atoms with Gasteiger partial charge in [-0.15, -0.1) is 0 Å². The molecule has 2 aromatic heterocycles. The number of hydrogen-bond acceptors (Lipinski definition) is 3. The first-order chi connectivity index (χ1) is 8.16. The van der Waals surface area contributed by atoms with Crippen LogP contribution in [0.25, 0.3) is 0 Å². The molecule has 0 fully saturated rings. The minimum Gasteiger partial charge on any atom is -0.307 e. The van der Waals surface area contributed by atoms with E-state index in [0.29, 0.717) is 0 Å². The molecule has 2 aromatic rings. The molecular formula is C11H7ClFN3O. The first-order valence-corrected chi connectivity index (χ1v) is 5.07. The lowest BCUT2D eigenvalue weighted by Crippen LogP contribution is -2.13. The highest BCUT2D eigenvalue weighted by Gasteiger charge is 2.10. The highest BCUT2D eigenvalue weighted by atomic mass is 35.5. The van der Waals surface area contributed by atoms with Gasteiger partial charge in [0.05, 0.1) is 16.8 Å². The van der Waals surface area contributed by atoms with Crippen molar-refractivity contribution in [1.29, 1.82) is 0 Å². The van der Waals surface area contributed by atoms with E-state index in [-0.39, 0.29) is 16.4 Å². The van der Waals surface area contributed by atoms with Gasteiger partial charge in [-0.2, -0.15) is 0 Å². The topological polar surface area (TPSA) is 54.9 Å². The molecule has 17 heavy (non-hydrogen) atoms. The predicted octanol–water partition coefficient (Wildman–Crippen LogP) is 2.52. The Labute approximate surface area is 101 Å². The molecular weight excluding hydrogens is 245 g/mol. The SMILES string of the molecule is O=C(Nc1ccc(F)cn1)c1ccncc1Cl. The number of amides is 1. The van der Waals surface area contributed by atoms with Crippen LogP contribution in [0.1, 0.15) is 10.4 Å². The summed E-state index contributed by atoms with van der Waals surface area (Å²) >= 11 is 5.81. The van der Waals surface area contributed by atoms with E-state index >= 15 is 0 Å². The van der Waals surface area contributed by atoms with Crippen molar-refractivity contribution < 1.29 is 9.18 Å². The lowest BCUT2D eigenvalue weighted by atomic mass is 10.2. The van der Waals surface area contributed by atoms with Crippen LogP contribution in [0.2, 0.25) is 5.02 Å². The van der Waals surface area contributed by atoms with Crippen LogP contribution in [0.5, 0.6) is 0 Å². The maximum Gasteiger partial charge on any atom is 0.258 e. The number of rotatable bonds is 2. The molecule has 0 unspecified atom stereocenters. The number of nitrogens with one attached hydrogen (secondary N) is 1. The predicted molar refractivity (Wildman–Crippen MR) is 61.4 cm³/mol. The summed E-state index contributed by atoms with van der Waals surface area (Å²) in [4.78, 5) is 19.2. The van der Waals surface area contributed by atoms with E-state index in [9.17, 15) is 9.18 Å². The van der Waals surface area contributed by atoms with Gasteiger partial charge in [0, 0.05) is 12.4 Å². The second-order valence-electron chi connectivity index (χ2n) is 3.17. The Bertz CT molecular complexity index is 545. The van der Waals surface area contributed by atoms with E-state index in [0.717, 1.165) is 6.20 Å². The monoisotopic (exact) mass is 251 g/mol. The number of halogens is 2. The van der Waals surface area contributed by atoms with Crippen molar-refractivity contribution in [3.63, 3.8) is 0 Å². The Morgan fingerprint density at radius 1 is 1.29 bits per heavy atom. The Balaban J connectivity index is 2.17. The summed E-state index contributed by atoms with van der Waals surface area (Å²) in [6.45, 7) is 0. The minimum atomic E-state index is -0.468. The Hall–Kier alpha value is -2.01. The van der Waals surface area contributed by atoms with E-state index < -0.39 is 11.7 Å². The third kappa shape index (κ3) is 2.76. The molecule has 4 nitrogen and oxygen atoms in total. The van der Waals surface area contributed by atoms with Crippen LogP contribution in [0.4, 0.5) is 10.2 Å². The Morgan fingerprint density at radius 3 is 2.76 bits per heavy atom. The fourth-order valence-corrected chi connectivity index (χ4v) is 1.40. The molecule has 1 amide bonds. The third-order valence-electron chi connectivity index (χ3n) is 1.99. The summed E-state index contributed by atoms with van der Waals surface area (Å²) in [5, 5.41) is 2.74. The number of carbonyl (C=O) groups excluding carboxylic acids is 1. The molecule has 0 saturated heterocycles. The molecule has 1 N–H and O–H groups in total. The van der Waals surface area contributed by atoms with Gasteiger partial charge in [-0.25, -0.2) is 9.37 Å². The van der Waals surface area contributed by atoms with Crippen molar-refractivity contribution in [3.05, 3.63) is 53.2 Å². The van der Waals surface area contributed by atoms with Gasteiger partial charge in [0.2, 0.25) is 0 Å². The summed E-state index contributed by atoms with van der Waals surface area (Å²) in [5.41, 5.74) is 0.285. The molecule has 0 aliphatic rings. The molecule has 0 aliphatic heterocycles. The number of anilines is 1. The van der Waals surface area contributed by atoms with Crippen LogP contribution >= 0.6 is 11.6 Å². The number of nitrogens with zero attached hydrogens (tertiary/aromatic N) is 2. The second-order valence-corrected chi connectivity index (χ2v) is 3.58. The van der Waals surface area contributed by atoms with E-state index in [1.165, 1.54) is 30.6 Å². The van der Waals surface area contributed by atoms with Crippen LogP contribution in [0, 0.1) is 5.82 Å². The molecule has 0 aromatic carbocycles. The number of aromatic nitrogens is 2. The van der Waals surface area contributed by atoms with Crippen LogP contribution in [-0.2, 0) is 0 Å². The van der Waals surface area contributed by atoms with Crippen LogP contribution < -0.4 is 5.32 Å². The highest BCUT2D eigenvalue weighted by Crippen LogP contribution is 2.15. The molecule has 6 heteroatoms. The van der Waals surface area contributed by atoms with Gasteiger partial charge in [0.1, 0.15) is 11.6 Å². The zero-order chi connectivity index (χ0) is 12.3. The molecule has 0 saturated carbocycles. The maximum absolute atomic E-state index is 12.6. The minimum absolute atomic E-state index is 0.243. The van der Waals surface area contributed by atoms with Gasteiger partial charge < -0.3 is 5.32 Å². The molecule has 2 heterocycles. The molecule has 0 atom stereocenters. The normalized spacial score (nSPS) is 10.0. The van der Waals surface area contributed by atoms with Gasteiger partial charge in [0.25, 0.3) is 5.91 Å². The van der Waals surface area contributed by atoms with E-state index in [4.69, 9.17) is 11.6 Å². The summed E-state index contributed by atoms with van der Waals surface area (Å²) in [7, 11) is 0. The molecule has 0 spiro atoms. The zero-order valence-corrected chi connectivity index (χ0v) is 9.28. The van der Waals surface area contributed by atoms with Gasteiger partial charge in [0.15, 0.2) is 0 Å². The van der Waals surface area contributed by atoms with Gasteiger partial charge >= 0.3 is 0 Å². The summed E-state index contributed by atoms with van der Waals surface area (Å²) in [6.07, 6.45) is 3.84. The number of pyridine rings is 2. The molecule has 0 bridgehead atoms. The van der Waals surface area contributed by atoms with E-state index in [1.54, 1.807) is 0 Å². The fraction of sp³-hybridized carbons (Fsp3) is 0. The summed E-state index contributed by atoms with van der Waals surface area (Å²) in [6, 6.07) is 4.06. The summed E-state index contributed by atoms with van der Waals surface area (Å²) in [5.74, 6) is -0.634. The van der Waals surface area contributed by atoms with Crippen molar-refractivity contribution >= 4 is 23.3 Å². The van der Waals surface area contributed by atoms with Crippen molar-refractivity contribution in [2.45, 2.75) is 0 Å². The van der Waals surface area contributed by atoms with Crippen LogP contribution in [0.15, 0.2) is 36.8 Å². The molecule has 86 valence electrons. The van der Waals surface area contributed by atoms with Gasteiger partial charge in [-0.3, -0.25) is 9.78 Å². The first-order valence-electron chi connectivity index (χ1n) is 4.69. The lowest BCUT2D eigenvalue weighted by Gasteiger charge is -2.05. The van der Waals surface area contributed by atoms with Crippen molar-refractivity contribution in [2.75, 3.05) is 5.32 Å². The molecule has 0 radical (unpaired) electrons. The third-order valence-corrected chi connectivity index (χ3v) is 2.29. The van der Waals surface area contributed by atoms with E-state index in [2.05, 4.69) is 15.3 Å². The van der Waals surface area contributed by atoms with E-state index in [1.807, 2.05) is 0 Å². The molecule has 2 rings (SSSR count). The van der Waals surface area contributed by atoms with Crippen LogP contribution in [0.3, 0.4) is 0 Å². The van der Waals surface area contributed by atoms with Gasteiger partial charge in [-0.1, -0.05) is 11.6 Å². The smallest absolute Gasteiger partial charge is 0.258 e. The maximum atomic E-state index is 12.6. The standard InChI is InChI=1S/C11H7ClFN3O/c12-9-6-14-4-3-8(9)11(17)16-10-2-1-7(13)5-15-10/h1-6H,(H,15,16,17).